The van der Waals surface area contributed by atoms with Crippen LogP contribution >= 0.6 is 11.3 Å². The summed E-state index contributed by atoms with van der Waals surface area (Å²) in [5.41, 5.74) is 1.37. The molecule has 138 valence electrons. The number of rotatable bonds is 7. The summed E-state index contributed by atoms with van der Waals surface area (Å²) < 4.78 is 10.8. The van der Waals surface area contributed by atoms with Gasteiger partial charge in [0, 0.05) is 25.3 Å². The topological polar surface area (TPSA) is 76.1 Å². The molecule has 1 N–H and O–H groups in total. The Morgan fingerprint density at radius 1 is 1.35 bits per heavy atom. The van der Waals surface area contributed by atoms with Gasteiger partial charge in [0.15, 0.2) is 0 Å². The third-order valence-electron chi connectivity index (χ3n) is 4.32. The molecule has 1 atom stereocenters. The monoisotopic (exact) mass is 375 g/mol. The Hall–Kier alpha value is -2.38. The van der Waals surface area contributed by atoms with Gasteiger partial charge in [-0.3, -0.25) is 4.79 Å². The standard InChI is InChI=1S/C19H21NO5S/c1-24-17-8-14(7-15(9-17)19(22)23)18(21)20(10-13-4-6-26-12-13)11-16-3-2-5-25-16/h4,6-9,12,16H,2-3,5,10-11H2,1H3,(H,22,23). The molecule has 0 spiro atoms. The summed E-state index contributed by atoms with van der Waals surface area (Å²) in [5.74, 6) is -0.976. The highest BCUT2D eigenvalue weighted by molar-refractivity contribution is 7.07. The van der Waals surface area contributed by atoms with Crippen LogP contribution in [-0.4, -0.2) is 48.2 Å². The average Bonchev–Trinajstić information content (AvgIpc) is 3.34. The van der Waals surface area contributed by atoms with Crippen LogP contribution in [0, 0.1) is 0 Å². The molecule has 3 rings (SSSR count). The van der Waals surface area contributed by atoms with Crippen LogP contribution in [-0.2, 0) is 11.3 Å². The molecule has 1 aliphatic heterocycles. The molecule has 0 saturated carbocycles. The molecule has 1 aromatic carbocycles. The Kier molecular flexibility index (Phi) is 5.90. The summed E-state index contributed by atoms with van der Waals surface area (Å²) in [4.78, 5) is 26.2. The van der Waals surface area contributed by atoms with Gasteiger partial charge in [0.2, 0.25) is 0 Å². The number of hydrogen-bond donors (Lipinski definition) is 1. The highest BCUT2D eigenvalue weighted by atomic mass is 32.1. The van der Waals surface area contributed by atoms with Crippen molar-refractivity contribution in [2.75, 3.05) is 20.3 Å². The van der Waals surface area contributed by atoms with Crippen molar-refractivity contribution in [3.05, 3.63) is 51.7 Å². The molecule has 2 aromatic rings. The van der Waals surface area contributed by atoms with E-state index in [1.165, 1.54) is 19.2 Å². The number of thiophene rings is 1. The maximum absolute atomic E-state index is 13.1. The molecule has 1 aliphatic rings. The summed E-state index contributed by atoms with van der Waals surface area (Å²) in [5, 5.41) is 13.3. The Morgan fingerprint density at radius 2 is 2.15 bits per heavy atom. The lowest BCUT2D eigenvalue weighted by molar-refractivity contribution is 0.0507. The zero-order chi connectivity index (χ0) is 18.5. The zero-order valence-corrected chi connectivity index (χ0v) is 15.3. The maximum Gasteiger partial charge on any atom is 0.335 e. The van der Waals surface area contributed by atoms with Gasteiger partial charge in [0.1, 0.15) is 5.75 Å². The lowest BCUT2D eigenvalue weighted by Crippen LogP contribution is -2.37. The second kappa shape index (κ2) is 8.33. The summed E-state index contributed by atoms with van der Waals surface area (Å²) >= 11 is 1.58. The van der Waals surface area contributed by atoms with Crippen LogP contribution in [0.15, 0.2) is 35.0 Å². The van der Waals surface area contributed by atoms with E-state index in [-0.39, 0.29) is 17.6 Å². The van der Waals surface area contributed by atoms with Gasteiger partial charge in [0.25, 0.3) is 5.91 Å². The number of amides is 1. The molecule has 1 amide bonds. The molecule has 26 heavy (non-hydrogen) atoms. The van der Waals surface area contributed by atoms with Crippen molar-refractivity contribution in [2.24, 2.45) is 0 Å². The van der Waals surface area contributed by atoms with E-state index in [2.05, 4.69) is 0 Å². The van der Waals surface area contributed by atoms with Crippen molar-refractivity contribution in [3.8, 4) is 5.75 Å². The number of hydrogen-bond acceptors (Lipinski definition) is 5. The zero-order valence-electron chi connectivity index (χ0n) is 14.5. The van der Waals surface area contributed by atoms with E-state index in [1.54, 1.807) is 22.3 Å². The Bertz CT molecular complexity index is 768. The first-order chi connectivity index (χ1) is 12.6. The minimum atomic E-state index is -1.10. The van der Waals surface area contributed by atoms with Crippen LogP contribution in [0.25, 0.3) is 0 Å². The molecule has 1 aromatic heterocycles. The van der Waals surface area contributed by atoms with E-state index < -0.39 is 5.97 Å². The summed E-state index contributed by atoms with van der Waals surface area (Å²) in [6.45, 7) is 1.66. The highest BCUT2D eigenvalue weighted by Crippen LogP contribution is 2.22. The van der Waals surface area contributed by atoms with E-state index in [1.807, 2.05) is 16.8 Å². The van der Waals surface area contributed by atoms with Crippen LogP contribution in [0.5, 0.6) is 5.75 Å². The third kappa shape index (κ3) is 4.42. The van der Waals surface area contributed by atoms with Crippen LogP contribution in [0.1, 0.15) is 39.1 Å². The third-order valence-corrected chi connectivity index (χ3v) is 5.06. The van der Waals surface area contributed by atoms with Crippen molar-refractivity contribution in [3.63, 3.8) is 0 Å². The molecule has 0 bridgehead atoms. The smallest absolute Gasteiger partial charge is 0.335 e. The number of carboxylic acid groups (broad SMARTS) is 1. The second-order valence-electron chi connectivity index (χ2n) is 6.21. The van der Waals surface area contributed by atoms with Crippen molar-refractivity contribution < 1.29 is 24.2 Å². The molecule has 2 heterocycles. The van der Waals surface area contributed by atoms with E-state index in [4.69, 9.17) is 9.47 Å². The molecule has 0 aliphatic carbocycles. The molecule has 1 unspecified atom stereocenters. The molecular weight excluding hydrogens is 354 g/mol. The SMILES string of the molecule is COc1cc(C(=O)O)cc(C(=O)N(Cc2ccsc2)CC2CCCO2)c1. The number of aromatic carboxylic acids is 1. The fourth-order valence-corrected chi connectivity index (χ4v) is 3.66. The summed E-state index contributed by atoms with van der Waals surface area (Å²) in [7, 11) is 1.45. The van der Waals surface area contributed by atoms with Crippen molar-refractivity contribution in [2.45, 2.75) is 25.5 Å². The molecule has 1 saturated heterocycles. The summed E-state index contributed by atoms with van der Waals surface area (Å²) in [6, 6.07) is 6.35. The van der Waals surface area contributed by atoms with Crippen molar-refractivity contribution in [1.82, 2.24) is 4.90 Å². The number of nitrogens with zero attached hydrogens (tertiary/aromatic N) is 1. The fourth-order valence-electron chi connectivity index (χ4n) is 3.00. The first-order valence-corrected chi connectivity index (χ1v) is 9.35. The number of carboxylic acids is 1. The van der Waals surface area contributed by atoms with Gasteiger partial charge < -0.3 is 19.5 Å². The molecular formula is C19H21NO5S. The molecule has 6 nitrogen and oxygen atoms in total. The van der Waals surface area contributed by atoms with Crippen molar-refractivity contribution >= 4 is 23.2 Å². The van der Waals surface area contributed by atoms with Gasteiger partial charge in [-0.15, -0.1) is 0 Å². The van der Waals surface area contributed by atoms with E-state index in [0.717, 1.165) is 18.4 Å². The molecule has 7 heteroatoms. The molecule has 0 radical (unpaired) electrons. The predicted octanol–water partition coefficient (Wildman–Crippen LogP) is 3.28. The van der Waals surface area contributed by atoms with Gasteiger partial charge in [-0.25, -0.2) is 4.79 Å². The minimum absolute atomic E-state index is 0.0159. The normalized spacial score (nSPS) is 16.4. The first kappa shape index (κ1) is 18.4. The van der Waals surface area contributed by atoms with Crippen LogP contribution < -0.4 is 4.74 Å². The Morgan fingerprint density at radius 3 is 2.77 bits per heavy atom. The van der Waals surface area contributed by atoms with Crippen molar-refractivity contribution in [1.29, 1.82) is 0 Å². The number of ether oxygens (including phenoxy) is 2. The lowest BCUT2D eigenvalue weighted by Gasteiger charge is -2.25. The number of carbonyl (C=O) groups is 2. The lowest BCUT2D eigenvalue weighted by atomic mass is 10.1. The minimum Gasteiger partial charge on any atom is -0.497 e. The maximum atomic E-state index is 13.1. The van der Waals surface area contributed by atoms with E-state index in [0.29, 0.717) is 31.0 Å². The van der Waals surface area contributed by atoms with E-state index in [9.17, 15) is 14.7 Å². The quantitative estimate of drug-likeness (QED) is 0.804. The number of methoxy groups -OCH3 is 1. The van der Waals surface area contributed by atoms with Gasteiger partial charge in [-0.2, -0.15) is 11.3 Å². The second-order valence-corrected chi connectivity index (χ2v) is 6.99. The number of carbonyl (C=O) groups excluding carboxylic acids is 1. The highest BCUT2D eigenvalue weighted by Gasteiger charge is 2.25. The fraction of sp³-hybridized carbons (Fsp3) is 0.368. The van der Waals surface area contributed by atoms with Crippen LogP contribution in [0.2, 0.25) is 0 Å². The first-order valence-electron chi connectivity index (χ1n) is 8.41. The van der Waals surface area contributed by atoms with E-state index >= 15 is 0 Å². The van der Waals surface area contributed by atoms with Crippen LogP contribution in [0.4, 0.5) is 0 Å². The predicted molar refractivity (Wildman–Crippen MR) is 98.0 cm³/mol. The van der Waals surface area contributed by atoms with Gasteiger partial charge in [-0.1, -0.05) is 0 Å². The number of benzene rings is 1. The van der Waals surface area contributed by atoms with Gasteiger partial charge >= 0.3 is 5.97 Å². The Balaban J connectivity index is 1.87. The van der Waals surface area contributed by atoms with Crippen LogP contribution in [0.3, 0.4) is 0 Å². The largest absolute Gasteiger partial charge is 0.497 e. The average molecular weight is 375 g/mol. The van der Waals surface area contributed by atoms with Gasteiger partial charge in [-0.05, 0) is 53.4 Å². The van der Waals surface area contributed by atoms with Gasteiger partial charge in [0.05, 0.1) is 18.8 Å². The molecule has 1 fully saturated rings. The Labute approximate surface area is 156 Å². The summed E-state index contributed by atoms with van der Waals surface area (Å²) in [6.07, 6.45) is 1.93.